The lowest BCUT2D eigenvalue weighted by atomic mass is 10.00. The number of carbonyl (C=O) groups is 1. The van der Waals surface area contributed by atoms with Crippen molar-refractivity contribution in [3.63, 3.8) is 0 Å². The average Bonchev–Trinajstić information content (AvgIpc) is 3.20. The van der Waals surface area contributed by atoms with Gasteiger partial charge < -0.3 is 15.2 Å². The quantitative estimate of drug-likeness (QED) is 0.519. The number of nitrogens with zero attached hydrogens (tertiary/aromatic N) is 2. The summed E-state index contributed by atoms with van der Waals surface area (Å²) < 4.78 is 7.05. The molecule has 30 heavy (non-hydrogen) atoms. The van der Waals surface area contributed by atoms with Crippen LogP contribution in [-0.4, -0.2) is 27.3 Å². The maximum absolute atomic E-state index is 12.3. The highest BCUT2D eigenvalue weighted by molar-refractivity contribution is 6.37. The van der Waals surface area contributed by atoms with Gasteiger partial charge in [-0.1, -0.05) is 67.4 Å². The van der Waals surface area contributed by atoms with Gasteiger partial charge in [-0.25, -0.2) is 4.68 Å². The van der Waals surface area contributed by atoms with Gasteiger partial charge in [0, 0.05) is 12.7 Å². The number of halogens is 2. The number of hydrogen-bond acceptors (Lipinski definition) is 4. The molecular weight excluding hydrogens is 425 g/mol. The predicted octanol–water partition coefficient (Wildman–Crippen LogP) is 4.81. The Morgan fingerprint density at radius 2 is 1.73 bits per heavy atom. The van der Waals surface area contributed by atoms with Gasteiger partial charge in [-0.2, -0.15) is 5.10 Å². The maximum Gasteiger partial charge on any atom is 0.271 e. The second-order valence-electron chi connectivity index (χ2n) is 7.11. The average molecular weight is 448 g/mol. The van der Waals surface area contributed by atoms with Crippen LogP contribution in [0.2, 0.25) is 10.0 Å². The van der Waals surface area contributed by atoms with Crippen molar-refractivity contribution in [3.05, 3.63) is 81.6 Å². The van der Waals surface area contributed by atoms with E-state index in [1.165, 1.54) is 10.2 Å². The van der Waals surface area contributed by atoms with E-state index in [9.17, 15) is 9.90 Å². The Morgan fingerprint density at radius 1 is 1.10 bits per heavy atom. The Bertz CT molecular complexity index is 983. The molecule has 1 amide bonds. The van der Waals surface area contributed by atoms with Gasteiger partial charge in [0.1, 0.15) is 5.69 Å². The molecule has 0 aliphatic rings. The molecule has 2 aromatic carbocycles. The summed E-state index contributed by atoms with van der Waals surface area (Å²) in [5.41, 5.74) is 2.15. The van der Waals surface area contributed by atoms with Gasteiger partial charge in [0.2, 0.25) is 0 Å². The molecule has 3 rings (SSSR count). The number of ether oxygens (including phenoxy) is 1. The number of rotatable bonds is 8. The Morgan fingerprint density at radius 3 is 2.37 bits per heavy atom. The third kappa shape index (κ3) is 5.53. The Hall–Kier alpha value is -2.54. The van der Waals surface area contributed by atoms with Crippen LogP contribution >= 0.6 is 23.2 Å². The molecule has 3 aromatic rings. The van der Waals surface area contributed by atoms with Crippen LogP contribution in [0.4, 0.5) is 0 Å². The van der Waals surface area contributed by atoms with Crippen molar-refractivity contribution in [1.82, 2.24) is 15.1 Å². The highest BCUT2D eigenvalue weighted by Crippen LogP contribution is 2.32. The van der Waals surface area contributed by atoms with Crippen LogP contribution in [0, 0.1) is 0 Å². The van der Waals surface area contributed by atoms with E-state index >= 15 is 0 Å². The van der Waals surface area contributed by atoms with Crippen molar-refractivity contribution in [2.45, 2.75) is 32.6 Å². The molecular formula is C22H23Cl2N3O3. The summed E-state index contributed by atoms with van der Waals surface area (Å²) >= 11 is 12.1. The Kier molecular flexibility index (Phi) is 7.37. The standard InChI is InChI=1S/C22H23Cl2N3O3/c1-14(2)15-6-8-16(9-7-15)20(28)12-25-22(29)19-10-11-27(26-19)13-30-21-17(23)4-3-5-18(21)24/h3-11,14,20,28H,12-13H2,1-2H3,(H,25,29). The lowest BCUT2D eigenvalue weighted by Crippen LogP contribution is -2.28. The summed E-state index contributed by atoms with van der Waals surface area (Å²) in [4.78, 5) is 12.3. The van der Waals surface area contributed by atoms with Crippen molar-refractivity contribution in [2.75, 3.05) is 6.54 Å². The van der Waals surface area contributed by atoms with Gasteiger partial charge in [0.25, 0.3) is 5.91 Å². The number of benzene rings is 2. The van der Waals surface area contributed by atoms with Gasteiger partial charge in [-0.15, -0.1) is 0 Å². The number of amides is 1. The van der Waals surface area contributed by atoms with Crippen LogP contribution < -0.4 is 10.1 Å². The first kappa shape index (κ1) is 22.2. The first-order valence-corrected chi connectivity index (χ1v) is 10.3. The summed E-state index contributed by atoms with van der Waals surface area (Å²) in [5, 5.41) is 18.0. The van der Waals surface area contributed by atoms with Gasteiger partial charge >= 0.3 is 0 Å². The smallest absolute Gasteiger partial charge is 0.271 e. The number of para-hydroxylation sites is 1. The SMILES string of the molecule is CC(C)c1ccc(C(O)CNC(=O)c2ccn(COc3c(Cl)cccc3Cl)n2)cc1. The largest absolute Gasteiger partial charge is 0.468 e. The topological polar surface area (TPSA) is 76.4 Å². The molecule has 1 unspecified atom stereocenters. The molecule has 0 spiro atoms. The molecule has 0 radical (unpaired) electrons. The molecule has 0 saturated carbocycles. The molecule has 0 aliphatic heterocycles. The van der Waals surface area contributed by atoms with E-state index in [0.717, 1.165) is 5.56 Å². The zero-order chi connectivity index (χ0) is 21.7. The van der Waals surface area contributed by atoms with Crippen LogP contribution in [0.15, 0.2) is 54.7 Å². The van der Waals surface area contributed by atoms with Crippen molar-refractivity contribution in [2.24, 2.45) is 0 Å². The molecule has 158 valence electrons. The van der Waals surface area contributed by atoms with Crippen LogP contribution in [0.3, 0.4) is 0 Å². The number of nitrogens with one attached hydrogen (secondary N) is 1. The third-order valence-electron chi connectivity index (χ3n) is 4.58. The number of aliphatic hydroxyl groups excluding tert-OH is 1. The summed E-state index contributed by atoms with van der Waals surface area (Å²) in [6.45, 7) is 4.34. The minimum Gasteiger partial charge on any atom is -0.468 e. The minimum atomic E-state index is -0.803. The lowest BCUT2D eigenvalue weighted by molar-refractivity contribution is 0.0909. The highest BCUT2D eigenvalue weighted by atomic mass is 35.5. The van der Waals surface area contributed by atoms with E-state index in [2.05, 4.69) is 24.3 Å². The fourth-order valence-corrected chi connectivity index (χ4v) is 3.31. The van der Waals surface area contributed by atoms with E-state index < -0.39 is 6.10 Å². The number of aromatic nitrogens is 2. The number of hydrogen-bond donors (Lipinski definition) is 2. The molecule has 2 N–H and O–H groups in total. The van der Waals surface area contributed by atoms with E-state index in [1.54, 1.807) is 30.5 Å². The van der Waals surface area contributed by atoms with Crippen LogP contribution in [0.1, 0.15) is 47.5 Å². The second-order valence-corrected chi connectivity index (χ2v) is 7.93. The summed E-state index contributed by atoms with van der Waals surface area (Å²) in [6, 6.07) is 14.3. The fraction of sp³-hybridized carbons (Fsp3) is 0.273. The normalized spacial score (nSPS) is 12.1. The molecule has 8 heteroatoms. The van der Waals surface area contributed by atoms with Crippen molar-refractivity contribution in [3.8, 4) is 5.75 Å². The lowest BCUT2D eigenvalue weighted by Gasteiger charge is -2.13. The molecule has 0 saturated heterocycles. The van der Waals surface area contributed by atoms with E-state index in [0.29, 0.717) is 21.7 Å². The summed E-state index contributed by atoms with van der Waals surface area (Å²) in [5.74, 6) is 0.389. The van der Waals surface area contributed by atoms with Crippen LogP contribution in [0.25, 0.3) is 0 Å². The molecule has 1 aromatic heterocycles. The predicted molar refractivity (Wildman–Crippen MR) is 117 cm³/mol. The molecule has 1 heterocycles. The van der Waals surface area contributed by atoms with Crippen molar-refractivity contribution >= 4 is 29.1 Å². The zero-order valence-electron chi connectivity index (χ0n) is 16.7. The second kappa shape index (κ2) is 9.98. The van der Waals surface area contributed by atoms with Gasteiger partial charge in [0.15, 0.2) is 12.5 Å². The monoisotopic (exact) mass is 447 g/mol. The van der Waals surface area contributed by atoms with Crippen molar-refractivity contribution < 1.29 is 14.6 Å². The Labute approximate surface area is 185 Å². The van der Waals surface area contributed by atoms with E-state index in [1.807, 2.05) is 24.3 Å². The Balaban J connectivity index is 1.53. The minimum absolute atomic E-state index is 0.0432. The van der Waals surface area contributed by atoms with Gasteiger partial charge in [-0.05, 0) is 35.2 Å². The first-order chi connectivity index (χ1) is 14.3. The van der Waals surface area contributed by atoms with Gasteiger partial charge in [-0.3, -0.25) is 4.79 Å². The fourth-order valence-electron chi connectivity index (χ4n) is 2.81. The zero-order valence-corrected chi connectivity index (χ0v) is 18.2. The highest BCUT2D eigenvalue weighted by Gasteiger charge is 2.14. The number of aliphatic hydroxyl groups is 1. The molecule has 6 nitrogen and oxygen atoms in total. The van der Waals surface area contributed by atoms with E-state index in [-0.39, 0.29) is 24.9 Å². The molecule has 0 bridgehead atoms. The maximum atomic E-state index is 12.3. The molecule has 0 aliphatic carbocycles. The summed E-state index contributed by atoms with van der Waals surface area (Å²) in [6.07, 6.45) is 0.809. The van der Waals surface area contributed by atoms with Crippen LogP contribution in [-0.2, 0) is 6.73 Å². The third-order valence-corrected chi connectivity index (χ3v) is 5.17. The molecule has 1 atom stereocenters. The number of carbonyl (C=O) groups excluding carboxylic acids is 1. The van der Waals surface area contributed by atoms with Crippen LogP contribution in [0.5, 0.6) is 5.75 Å². The van der Waals surface area contributed by atoms with Crippen molar-refractivity contribution in [1.29, 1.82) is 0 Å². The molecule has 0 fully saturated rings. The summed E-state index contributed by atoms with van der Waals surface area (Å²) in [7, 11) is 0. The van der Waals surface area contributed by atoms with Gasteiger partial charge in [0.05, 0.1) is 16.1 Å². The van der Waals surface area contributed by atoms with E-state index in [4.69, 9.17) is 27.9 Å². The first-order valence-electron chi connectivity index (χ1n) is 9.51.